The highest BCUT2D eigenvalue weighted by atomic mass is 16.1. The summed E-state index contributed by atoms with van der Waals surface area (Å²) in [7, 11) is 0. The Balaban J connectivity index is 2.10. The Bertz CT molecular complexity index is 574. The number of benzene rings is 1. The van der Waals surface area contributed by atoms with Gasteiger partial charge in [-0.25, -0.2) is 4.98 Å². The van der Waals surface area contributed by atoms with Crippen molar-refractivity contribution < 1.29 is 4.79 Å². The lowest BCUT2D eigenvalue weighted by Crippen LogP contribution is -2.13. The first-order valence-corrected chi connectivity index (χ1v) is 6.41. The Labute approximate surface area is 113 Å². The molecule has 0 saturated heterocycles. The van der Waals surface area contributed by atoms with Crippen LogP contribution in [0.4, 0.5) is 5.69 Å². The maximum atomic E-state index is 12.0. The predicted molar refractivity (Wildman–Crippen MR) is 77.5 cm³/mol. The van der Waals surface area contributed by atoms with Crippen LogP contribution in [0, 0.1) is 6.92 Å². The molecule has 0 spiro atoms. The molecule has 1 aromatic carbocycles. The minimum Gasteiger partial charge on any atom is -0.321 e. The zero-order chi connectivity index (χ0) is 13.8. The van der Waals surface area contributed by atoms with Crippen molar-refractivity contribution in [2.75, 3.05) is 5.32 Å². The Kier molecular flexibility index (Phi) is 3.95. The molecule has 0 atom stereocenters. The van der Waals surface area contributed by atoms with Crippen LogP contribution in [-0.4, -0.2) is 10.9 Å². The first-order chi connectivity index (χ1) is 9.06. The third kappa shape index (κ3) is 3.41. The summed E-state index contributed by atoms with van der Waals surface area (Å²) >= 11 is 0. The summed E-state index contributed by atoms with van der Waals surface area (Å²) in [5.74, 6) is 0.309. The van der Waals surface area contributed by atoms with Gasteiger partial charge < -0.3 is 5.32 Å². The molecular weight excluding hydrogens is 236 g/mol. The molecule has 0 fully saturated rings. The number of amides is 1. The van der Waals surface area contributed by atoms with Crippen molar-refractivity contribution >= 4 is 11.6 Å². The lowest BCUT2D eigenvalue weighted by atomic mass is 10.0. The molecule has 1 amide bonds. The minimum atomic E-state index is -0.180. The van der Waals surface area contributed by atoms with Crippen LogP contribution < -0.4 is 5.32 Å². The zero-order valence-electron chi connectivity index (χ0n) is 11.5. The number of hydrogen-bond acceptors (Lipinski definition) is 2. The van der Waals surface area contributed by atoms with E-state index in [1.165, 1.54) is 5.56 Å². The predicted octanol–water partition coefficient (Wildman–Crippen LogP) is 3.77. The number of anilines is 1. The third-order valence-electron chi connectivity index (χ3n) is 2.96. The highest BCUT2D eigenvalue weighted by molar-refractivity contribution is 6.02. The molecule has 1 heterocycles. The molecule has 0 unspecified atom stereocenters. The molecule has 1 N–H and O–H groups in total. The average Bonchev–Trinajstić information content (AvgIpc) is 2.39. The largest absolute Gasteiger partial charge is 0.321 e. The number of aromatic nitrogens is 1. The number of rotatable bonds is 3. The SMILES string of the molecule is Cc1cccc(C(=O)Nc2ccc(C(C)C)cc2)n1. The maximum absolute atomic E-state index is 12.0. The number of pyridine rings is 1. The first-order valence-electron chi connectivity index (χ1n) is 6.41. The Morgan fingerprint density at radius 3 is 2.37 bits per heavy atom. The fourth-order valence-electron chi connectivity index (χ4n) is 1.82. The van der Waals surface area contributed by atoms with Crippen molar-refractivity contribution in [3.63, 3.8) is 0 Å². The van der Waals surface area contributed by atoms with Crippen LogP contribution in [0.15, 0.2) is 42.5 Å². The summed E-state index contributed by atoms with van der Waals surface area (Å²) in [6, 6.07) is 13.3. The quantitative estimate of drug-likeness (QED) is 0.906. The van der Waals surface area contributed by atoms with Crippen LogP contribution in [0.5, 0.6) is 0 Å². The zero-order valence-corrected chi connectivity index (χ0v) is 11.5. The van der Waals surface area contributed by atoms with E-state index in [-0.39, 0.29) is 5.91 Å². The number of aryl methyl sites for hydroxylation is 1. The molecule has 19 heavy (non-hydrogen) atoms. The van der Waals surface area contributed by atoms with Crippen molar-refractivity contribution in [2.45, 2.75) is 26.7 Å². The summed E-state index contributed by atoms with van der Waals surface area (Å²) in [5.41, 5.74) is 3.32. The fourth-order valence-corrected chi connectivity index (χ4v) is 1.82. The van der Waals surface area contributed by atoms with Gasteiger partial charge in [-0.2, -0.15) is 0 Å². The minimum absolute atomic E-state index is 0.180. The van der Waals surface area contributed by atoms with E-state index in [0.717, 1.165) is 11.4 Å². The van der Waals surface area contributed by atoms with Crippen molar-refractivity contribution in [2.24, 2.45) is 0 Å². The van der Waals surface area contributed by atoms with E-state index < -0.39 is 0 Å². The molecule has 3 heteroatoms. The van der Waals surface area contributed by atoms with Crippen molar-refractivity contribution in [1.82, 2.24) is 4.98 Å². The number of carbonyl (C=O) groups excluding carboxylic acids is 1. The van der Waals surface area contributed by atoms with Gasteiger partial charge in [0.05, 0.1) is 0 Å². The van der Waals surface area contributed by atoms with E-state index in [1.54, 1.807) is 6.07 Å². The van der Waals surface area contributed by atoms with Gasteiger partial charge in [0.15, 0.2) is 0 Å². The third-order valence-corrected chi connectivity index (χ3v) is 2.96. The molecule has 3 nitrogen and oxygen atoms in total. The summed E-state index contributed by atoms with van der Waals surface area (Å²) < 4.78 is 0. The van der Waals surface area contributed by atoms with Crippen LogP contribution in [0.1, 0.15) is 41.5 Å². The molecular formula is C16H18N2O. The van der Waals surface area contributed by atoms with Gasteiger partial charge in [-0.1, -0.05) is 32.0 Å². The smallest absolute Gasteiger partial charge is 0.274 e. The van der Waals surface area contributed by atoms with Gasteiger partial charge in [-0.15, -0.1) is 0 Å². The second kappa shape index (κ2) is 5.65. The molecule has 0 aliphatic rings. The Morgan fingerprint density at radius 2 is 1.79 bits per heavy atom. The van der Waals surface area contributed by atoms with Crippen LogP contribution in [0.25, 0.3) is 0 Å². The van der Waals surface area contributed by atoms with Crippen molar-refractivity contribution in [3.8, 4) is 0 Å². The molecule has 0 aliphatic carbocycles. The lowest BCUT2D eigenvalue weighted by molar-refractivity contribution is 0.102. The molecule has 2 rings (SSSR count). The summed E-state index contributed by atoms with van der Waals surface area (Å²) in [6.45, 7) is 6.16. The molecule has 0 bridgehead atoms. The second-order valence-corrected chi connectivity index (χ2v) is 4.90. The van der Waals surface area contributed by atoms with Gasteiger partial charge in [-0.3, -0.25) is 4.79 Å². The number of nitrogens with one attached hydrogen (secondary N) is 1. The van der Waals surface area contributed by atoms with Crippen LogP contribution in [-0.2, 0) is 0 Å². The van der Waals surface area contributed by atoms with Gasteiger partial charge in [0.2, 0.25) is 0 Å². The Hall–Kier alpha value is -2.16. The normalized spacial score (nSPS) is 10.5. The molecule has 2 aromatic rings. The first kappa shape index (κ1) is 13.3. The summed E-state index contributed by atoms with van der Waals surface area (Å²) in [5, 5.41) is 2.85. The van der Waals surface area contributed by atoms with Gasteiger partial charge in [-0.05, 0) is 42.7 Å². The molecule has 0 radical (unpaired) electrons. The highest BCUT2D eigenvalue weighted by Gasteiger charge is 2.07. The van der Waals surface area contributed by atoms with Crippen molar-refractivity contribution in [3.05, 3.63) is 59.4 Å². The van der Waals surface area contributed by atoms with Gasteiger partial charge in [0, 0.05) is 11.4 Å². The molecule has 0 aliphatic heterocycles. The summed E-state index contributed by atoms with van der Waals surface area (Å²) in [6.07, 6.45) is 0. The standard InChI is InChI=1S/C16H18N2O/c1-11(2)13-7-9-14(10-8-13)18-16(19)15-6-4-5-12(3)17-15/h4-11H,1-3H3,(H,18,19). The van der Waals surface area contributed by atoms with Crippen LogP contribution in [0.3, 0.4) is 0 Å². The molecule has 0 saturated carbocycles. The van der Waals surface area contributed by atoms with E-state index >= 15 is 0 Å². The van der Waals surface area contributed by atoms with E-state index in [1.807, 2.05) is 43.3 Å². The average molecular weight is 254 g/mol. The molecule has 1 aromatic heterocycles. The van der Waals surface area contributed by atoms with Gasteiger partial charge in [0.1, 0.15) is 5.69 Å². The summed E-state index contributed by atoms with van der Waals surface area (Å²) in [4.78, 5) is 16.2. The number of nitrogens with zero attached hydrogens (tertiary/aromatic N) is 1. The Morgan fingerprint density at radius 1 is 1.11 bits per heavy atom. The molecule has 98 valence electrons. The van der Waals surface area contributed by atoms with Gasteiger partial charge in [0.25, 0.3) is 5.91 Å². The second-order valence-electron chi connectivity index (χ2n) is 4.90. The fraction of sp³-hybridized carbons (Fsp3) is 0.250. The number of carbonyl (C=O) groups is 1. The maximum Gasteiger partial charge on any atom is 0.274 e. The van der Waals surface area contributed by atoms with E-state index in [2.05, 4.69) is 24.1 Å². The topological polar surface area (TPSA) is 42.0 Å². The monoisotopic (exact) mass is 254 g/mol. The lowest BCUT2D eigenvalue weighted by Gasteiger charge is -2.08. The van der Waals surface area contributed by atoms with Crippen LogP contribution in [0.2, 0.25) is 0 Å². The van der Waals surface area contributed by atoms with Gasteiger partial charge >= 0.3 is 0 Å². The van der Waals surface area contributed by atoms with E-state index in [9.17, 15) is 4.79 Å². The highest BCUT2D eigenvalue weighted by Crippen LogP contribution is 2.17. The van der Waals surface area contributed by atoms with E-state index in [4.69, 9.17) is 0 Å². The van der Waals surface area contributed by atoms with Crippen LogP contribution >= 0.6 is 0 Å². The van der Waals surface area contributed by atoms with E-state index in [0.29, 0.717) is 11.6 Å². The van der Waals surface area contributed by atoms with Crippen molar-refractivity contribution in [1.29, 1.82) is 0 Å². The number of hydrogen-bond donors (Lipinski definition) is 1.